The molecule has 1 heterocycles. The SMILES string of the molecule is COc1cccc(CNC(=O)c2nc(SC)ncc2Cl)c1OC. The maximum Gasteiger partial charge on any atom is 0.271 e. The lowest BCUT2D eigenvalue weighted by Crippen LogP contribution is -2.24. The van der Waals surface area contributed by atoms with E-state index in [2.05, 4.69) is 15.3 Å². The minimum absolute atomic E-state index is 0.146. The molecule has 0 radical (unpaired) electrons. The topological polar surface area (TPSA) is 73.3 Å². The van der Waals surface area contributed by atoms with E-state index in [1.807, 2.05) is 18.4 Å². The Morgan fingerprint density at radius 1 is 1.35 bits per heavy atom. The smallest absolute Gasteiger partial charge is 0.271 e. The van der Waals surface area contributed by atoms with Gasteiger partial charge < -0.3 is 14.8 Å². The monoisotopic (exact) mass is 353 g/mol. The highest BCUT2D eigenvalue weighted by atomic mass is 35.5. The first-order valence-corrected chi connectivity index (χ1v) is 8.25. The summed E-state index contributed by atoms with van der Waals surface area (Å²) in [7, 11) is 3.11. The van der Waals surface area contributed by atoms with Crippen LogP contribution >= 0.6 is 23.4 Å². The molecule has 0 bridgehead atoms. The van der Waals surface area contributed by atoms with Gasteiger partial charge in [-0.15, -0.1) is 0 Å². The van der Waals surface area contributed by atoms with Gasteiger partial charge in [-0.05, 0) is 12.3 Å². The summed E-state index contributed by atoms with van der Waals surface area (Å²) in [6.45, 7) is 0.258. The van der Waals surface area contributed by atoms with Crippen molar-refractivity contribution in [2.45, 2.75) is 11.7 Å². The Morgan fingerprint density at radius 3 is 2.78 bits per heavy atom. The average molecular weight is 354 g/mol. The molecule has 0 spiro atoms. The van der Waals surface area contributed by atoms with E-state index in [9.17, 15) is 4.79 Å². The van der Waals surface area contributed by atoms with Crippen molar-refractivity contribution in [3.63, 3.8) is 0 Å². The molecule has 2 rings (SSSR count). The number of aromatic nitrogens is 2. The van der Waals surface area contributed by atoms with Gasteiger partial charge in [0.1, 0.15) is 0 Å². The normalized spacial score (nSPS) is 10.3. The molecular weight excluding hydrogens is 338 g/mol. The molecule has 0 atom stereocenters. The molecule has 6 nitrogen and oxygen atoms in total. The largest absolute Gasteiger partial charge is 0.493 e. The number of amides is 1. The molecule has 1 aromatic carbocycles. The Labute approximate surface area is 143 Å². The van der Waals surface area contributed by atoms with Crippen molar-refractivity contribution < 1.29 is 14.3 Å². The van der Waals surface area contributed by atoms with Crippen molar-refractivity contribution in [2.75, 3.05) is 20.5 Å². The third-order valence-electron chi connectivity index (χ3n) is 3.04. The molecular formula is C15H16ClN3O3S. The lowest BCUT2D eigenvalue weighted by atomic mass is 10.2. The number of carbonyl (C=O) groups excluding carboxylic acids is 1. The Bertz CT molecular complexity index is 712. The van der Waals surface area contributed by atoms with Crippen molar-refractivity contribution in [2.24, 2.45) is 0 Å². The van der Waals surface area contributed by atoms with Crippen molar-refractivity contribution >= 4 is 29.3 Å². The third-order valence-corrected chi connectivity index (χ3v) is 3.88. The van der Waals surface area contributed by atoms with Crippen LogP contribution < -0.4 is 14.8 Å². The minimum Gasteiger partial charge on any atom is -0.493 e. The van der Waals surface area contributed by atoms with Gasteiger partial charge in [0, 0.05) is 12.1 Å². The number of nitrogens with one attached hydrogen (secondary N) is 1. The first-order valence-electron chi connectivity index (χ1n) is 6.65. The van der Waals surface area contributed by atoms with Crippen LogP contribution in [0.2, 0.25) is 5.02 Å². The van der Waals surface area contributed by atoms with E-state index in [1.54, 1.807) is 20.3 Å². The maximum absolute atomic E-state index is 12.3. The first kappa shape index (κ1) is 17.4. The third kappa shape index (κ3) is 4.05. The molecule has 0 saturated heterocycles. The van der Waals surface area contributed by atoms with Gasteiger partial charge >= 0.3 is 0 Å². The summed E-state index contributed by atoms with van der Waals surface area (Å²) in [6, 6.07) is 5.46. The molecule has 0 saturated carbocycles. The Morgan fingerprint density at radius 2 is 2.13 bits per heavy atom. The van der Waals surface area contributed by atoms with Crippen LogP contribution in [0.5, 0.6) is 11.5 Å². The van der Waals surface area contributed by atoms with E-state index in [-0.39, 0.29) is 23.2 Å². The number of nitrogens with zero attached hydrogens (tertiary/aromatic N) is 2. The molecule has 0 aliphatic carbocycles. The van der Waals surface area contributed by atoms with Crippen LogP contribution in [0.15, 0.2) is 29.6 Å². The highest BCUT2D eigenvalue weighted by Gasteiger charge is 2.15. The molecule has 0 aliphatic heterocycles. The molecule has 122 valence electrons. The van der Waals surface area contributed by atoms with Crippen molar-refractivity contribution in [1.82, 2.24) is 15.3 Å². The Hall–Kier alpha value is -1.99. The summed E-state index contributed by atoms with van der Waals surface area (Å²) in [6.07, 6.45) is 3.24. The number of benzene rings is 1. The minimum atomic E-state index is -0.377. The number of thioether (sulfide) groups is 1. The van der Waals surface area contributed by atoms with Gasteiger partial charge in [0.05, 0.1) is 25.4 Å². The predicted molar refractivity (Wildman–Crippen MR) is 89.5 cm³/mol. The van der Waals surface area contributed by atoms with Gasteiger partial charge in [-0.1, -0.05) is 35.5 Å². The quantitative estimate of drug-likeness (QED) is 0.636. The summed E-state index contributed by atoms with van der Waals surface area (Å²) in [5.41, 5.74) is 0.934. The Kier molecular flexibility index (Phi) is 6.06. The first-order chi connectivity index (χ1) is 11.1. The summed E-state index contributed by atoms with van der Waals surface area (Å²) in [5.74, 6) is 0.801. The van der Waals surface area contributed by atoms with Crippen LogP contribution in [0.1, 0.15) is 16.1 Å². The van der Waals surface area contributed by atoms with Gasteiger partial charge in [0.25, 0.3) is 5.91 Å². The van der Waals surface area contributed by atoms with Crippen LogP contribution in [-0.2, 0) is 6.54 Å². The van der Waals surface area contributed by atoms with E-state index < -0.39 is 0 Å². The summed E-state index contributed by atoms with van der Waals surface area (Å²) in [5, 5.41) is 3.47. The fourth-order valence-corrected chi connectivity index (χ4v) is 2.48. The van der Waals surface area contributed by atoms with Crippen LogP contribution in [-0.4, -0.2) is 36.4 Å². The van der Waals surface area contributed by atoms with E-state index in [4.69, 9.17) is 21.1 Å². The average Bonchev–Trinajstić information content (AvgIpc) is 2.59. The van der Waals surface area contributed by atoms with Gasteiger partial charge in [0.15, 0.2) is 22.3 Å². The molecule has 23 heavy (non-hydrogen) atoms. The summed E-state index contributed by atoms with van der Waals surface area (Å²) in [4.78, 5) is 20.4. The van der Waals surface area contributed by atoms with E-state index in [0.717, 1.165) is 5.56 Å². The number of methoxy groups -OCH3 is 2. The number of carbonyl (C=O) groups is 1. The van der Waals surface area contributed by atoms with Gasteiger partial charge in [0.2, 0.25) is 0 Å². The second-order valence-corrected chi connectivity index (χ2v) is 5.57. The van der Waals surface area contributed by atoms with Crippen LogP contribution in [0.3, 0.4) is 0 Å². The fourth-order valence-electron chi connectivity index (χ4n) is 1.96. The van der Waals surface area contributed by atoms with Crippen LogP contribution in [0.25, 0.3) is 0 Å². The standard InChI is InChI=1S/C15H16ClN3O3S/c1-21-11-6-4-5-9(13(11)22-2)7-17-14(20)12-10(16)8-18-15(19-12)23-3/h4-6,8H,7H2,1-3H3,(H,17,20). The van der Waals surface area contributed by atoms with Gasteiger partial charge in [-0.3, -0.25) is 4.79 Å². The van der Waals surface area contributed by atoms with E-state index in [0.29, 0.717) is 16.7 Å². The number of rotatable bonds is 6. The number of para-hydroxylation sites is 1. The number of ether oxygens (including phenoxy) is 2. The summed E-state index contributed by atoms with van der Waals surface area (Å²) < 4.78 is 10.6. The zero-order chi connectivity index (χ0) is 16.8. The van der Waals surface area contributed by atoms with Crippen LogP contribution in [0.4, 0.5) is 0 Å². The number of halogens is 1. The molecule has 1 aromatic heterocycles. The van der Waals surface area contributed by atoms with E-state index in [1.165, 1.54) is 18.0 Å². The molecule has 0 fully saturated rings. The zero-order valence-corrected chi connectivity index (χ0v) is 14.5. The van der Waals surface area contributed by atoms with Gasteiger partial charge in [-0.25, -0.2) is 9.97 Å². The van der Waals surface area contributed by atoms with Crippen molar-refractivity contribution in [3.05, 3.63) is 40.7 Å². The van der Waals surface area contributed by atoms with E-state index >= 15 is 0 Å². The maximum atomic E-state index is 12.3. The van der Waals surface area contributed by atoms with Crippen molar-refractivity contribution in [1.29, 1.82) is 0 Å². The molecule has 0 aliphatic rings. The zero-order valence-electron chi connectivity index (χ0n) is 12.9. The molecule has 1 amide bonds. The Balaban J connectivity index is 2.17. The fraction of sp³-hybridized carbons (Fsp3) is 0.267. The lowest BCUT2D eigenvalue weighted by molar-refractivity contribution is 0.0945. The van der Waals surface area contributed by atoms with Gasteiger partial charge in [-0.2, -0.15) is 0 Å². The van der Waals surface area contributed by atoms with Crippen molar-refractivity contribution in [3.8, 4) is 11.5 Å². The number of hydrogen-bond acceptors (Lipinski definition) is 6. The lowest BCUT2D eigenvalue weighted by Gasteiger charge is -2.13. The highest BCUT2D eigenvalue weighted by molar-refractivity contribution is 7.98. The molecule has 0 unspecified atom stereocenters. The predicted octanol–water partition coefficient (Wildman–Crippen LogP) is 2.80. The second kappa shape index (κ2) is 8.03. The second-order valence-electron chi connectivity index (χ2n) is 4.39. The number of hydrogen-bond donors (Lipinski definition) is 1. The summed E-state index contributed by atoms with van der Waals surface area (Å²) >= 11 is 7.33. The molecule has 8 heteroatoms. The molecule has 2 aromatic rings. The van der Waals surface area contributed by atoms with Crippen LogP contribution in [0, 0.1) is 0 Å². The highest BCUT2D eigenvalue weighted by Crippen LogP contribution is 2.30. The molecule has 1 N–H and O–H groups in total.